The summed E-state index contributed by atoms with van der Waals surface area (Å²) in [7, 11) is 0. The largest absolute Gasteiger partial charge is 0.389 e. The van der Waals surface area contributed by atoms with Gasteiger partial charge in [-0.15, -0.1) is 11.3 Å². The molecule has 0 spiro atoms. The highest BCUT2D eigenvalue weighted by molar-refractivity contribution is 7.19. The number of hydrogen-bond donors (Lipinski definition) is 2. The van der Waals surface area contributed by atoms with Crippen LogP contribution in [0.5, 0.6) is 0 Å². The van der Waals surface area contributed by atoms with Gasteiger partial charge in [-0.3, -0.25) is 0 Å². The van der Waals surface area contributed by atoms with Gasteiger partial charge in [-0.25, -0.2) is 0 Å². The Kier molecular flexibility index (Phi) is 5.07. The number of benzene rings is 1. The van der Waals surface area contributed by atoms with Crippen molar-refractivity contribution in [1.29, 1.82) is 0 Å². The highest BCUT2D eigenvalue weighted by Gasteiger charge is 2.23. The summed E-state index contributed by atoms with van der Waals surface area (Å²) < 4.78 is 1.34. The van der Waals surface area contributed by atoms with E-state index < -0.39 is 5.60 Å². The van der Waals surface area contributed by atoms with Gasteiger partial charge in [0.2, 0.25) is 0 Å². The van der Waals surface area contributed by atoms with Gasteiger partial charge >= 0.3 is 0 Å². The number of aryl methyl sites for hydroxylation is 1. The molecule has 0 aliphatic rings. The third-order valence-corrected chi connectivity index (χ3v) is 5.37. The van der Waals surface area contributed by atoms with Crippen LogP contribution in [0.15, 0.2) is 24.3 Å². The SMILES string of the molecule is Cc1c(C(C)NCC(C)(O)CC(C)C)sc2ccccc12. The van der Waals surface area contributed by atoms with E-state index in [-0.39, 0.29) is 6.04 Å². The van der Waals surface area contributed by atoms with Crippen LogP contribution < -0.4 is 5.32 Å². The zero-order valence-corrected chi connectivity index (χ0v) is 14.6. The highest BCUT2D eigenvalue weighted by Crippen LogP contribution is 2.34. The molecule has 0 saturated heterocycles. The van der Waals surface area contributed by atoms with Crippen LogP contribution in [0.25, 0.3) is 10.1 Å². The predicted octanol–water partition coefficient (Wildman–Crippen LogP) is 4.66. The summed E-state index contributed by atoms with van der Waals surface area (Å²) in [6, 6.07) is 8.82. The van der Waals surface area contributed by atoms with E-state index in [0.717, 1.165) is 6.42 Å². The molecule has 2 atom stereocenters. The standard InChI is InChI=1S/C18H27NOS/c1-12(2)10-18(5,20)11-19-14(4)17-13(3)15-8-6-7-9-16(15)21-17/h6-9,12,14,19-20H,10-11H2,1-5H3. The Bertz CT molecular complexity index is 600. The molecule has 116 valence electrons. The molecule has 2 N–H and O–H groups in total. The summed E-state index contributed by atoms with van der Waals surface area (Å²) >= 11 is 1.85. The highest BCUT2D eigenvalue weighted by atomic mass is 32.1. The van der Waals surface area contributed by atoms with Gasteiger partial charge < -0.3 is 10.4 Å². The summed E-state index contributed by atoms with van der Waals surface area (Å²) in [6.07, 6.45) is 0.818. The molecule has 0 amide bonds. The summed E-state index contributed by atoms with van der Waals surface area (Å²) in [4.78, 5) is 1.37. The van der Waals surface area contributed by atoms with Crippen LogP contribution in [0, 0.1) is 12.8 Å². The van der Waals surface area contributed by atoms with E-state index in [1.54, 1.807) is 0 Å². The maximum absolute atomic E-state index is 10.4. The Hall–Kier alpha value is -0.900. The van der Waals surface area contributed by atoms with E-state index in [0.29, 0.717) is 12.5 Å². The van der Waals surface area contributed by atoms with Crippen molar-refractivity contribution in [3.05, 3.63) is 34.7 Å². The Balaban J connectivity index is 2.09. The lowest BCUT2D eigenvalue weighted by molar-refractivity contribution is 0.0364. The second-order valence-corrected chi connectivity index (χ2v) is 7.87. The number of hydrogen-bond acceptors (Lipinski definition) is 3. The lowest BCUT2D eigenvalue weighted by Gasteiger charge is -2.27. The second-order valence-electron chi connectivity index (χ2n) is 6.78. The minimum absolute atomic E-state index is 0.265. The van der Waals surface area contributed by atoms with Gasteiger partial charge in [0.1, 0.15) is 0 Å². The first kappa shape index (κ1) is 16.5. The predicted molar refractivity (Wildman–Crippen MR) is 93.1 cm³/mol. The smallest absolute Gasteiger partial charge is 0.0746 e. The summed E-state index contributed by atoms with van der Waals surface area (Å²) in [5.74, 6) is 0.503. The first-order valence-electron chi connectivity index (χ1n) is 7.74. The van der Waals surface area contributed by atoms with Crippen LogP contribution in [0.3, 0.4) is 0 Å². The van der Waals surface area contributed by atoms with Gasteiger partial charge in [-0.2, -0.15) is 0 Å². The van der Waals surface area contributed by atoms with Crippen LogP contribution in [0.1, 0.15) is 50.6 Å². The Morgan fingerprint density at radius 1 is 1.24 bits per heavy atom. The Labute approximate surface area is 132 Å². The molecular formula is C18H27NOS. The van der Waals surface area contributed by atoms with Gasteiger partial charge in [-0.05, 0) is 50.1 Å². The minimum atomic E-state index is -0.646. The van der Waals surface area contributed by atoms with Crippen molar-refractivity contribution in [2.45, 2.75) is 52.7 Å². The lowest BCUT2D eigenvalue weighted by Crippen LogP contribution is -2.39. The first-order chi connectivity index (χ1) is 9.80. The second kappa shape index (κ2) is 6.47. The summed E-state index contributed by atoms with van der Waals surface area (Å²) in [5, 5.41) is 15.3. The third kappa shape index (κ3) is 4.06. The van der Waals surface area contributed by atoms with E-state index in [2.05, 4.69) is 57.3 Å². The fraction of sp³-hybridized carbons (Fsp3) is 0.556. The van der Waals surface area contributed by atoms with E-state index in [9.17, 15) is 5.11 Å². The molecule has 2 rings (SSSR count). The van der Waals surface area contributed by atoms with Crippen molar-refractivity contribution in [1.82, 2.24) is 5.32 Å². The van der Waals surface area contributed by atoms with Crippen LogP contribution in [-0.2, 0) is 0 Å². The molecular weight excluding hydrogens is 278 g/mol. The molecule has 0 fully saturated rings. The van der Waals surface area contributed by atoms with Crippen LogP contribution in [0.4, 0.5) is 0 Å². The number of fused-ring (bicyclic) bond motifs is 1. The number of aliphatic hydroxyl groups is 1. The lowest BCUT2D eigenvalue weighted by atomic mass is 9.94. The average molecular weight is 305 g/mol. The van der Waals surface area contributed by atoms with Gasteiger partial charge in [0.15, 0.2) is 0 Å². The molecule has 21 heavy (non-hydrogen) atoms. The van der Waals surface area contributed by atoms with Crippen LogP contribution in [-0.4, -0.2) is 17.3 Å². The molecule has 0 aliphatic heterocycles. The molecule has 0 radical (unpaired) electrons. The van der Waals surface area contributed by atoms with E-state index >= 15 is 0 Å². The molecule has 1 aromatic carbocycles. The van der Waals surface area contributed by atoms with Crippen molar-refractivity contribution < 1.29 is 5.11 Å². The molecule has 3 heteroatoms. The van der Waals surface area contributed by atoms with Crippen molar-refractivity contribution in [2.75, 3.05) is 6.54 Å². The van der Waals surface area contributed by atoms with Gasteiger partial charge in [0.05, 0.1) is 5.60 Å². The third-order valence-electron chi connectivity index (χ3n) is 3.91. The molecule has 2 unspecified atom stereocenters. The zero-order chi connectivity index (χ0) is 15.6. The molecule has 2 nitrogen and oxygen atoms in total. The fourth-order valence-electron chi connectivity index (χ4n) is 3.02. The molecule has 0 saturated carbocycles. The Morgan fingerprint density at radius 2 is 1.90 bits per heavy atom. The van der Waals surface area contributed by atoms with Gasteiger partial charge in [0, 0.05) is 22.2 Å². The molecule has 1 heterocycles. The van der Waals surface area contributed by atoms with Crippen molar-refractivity contribution in [3.8, 4) is 0 Å². The van der Waals surface area contributed by atoms with Crippen molar-refractivity contribution in [2.24, 2.45) is 5.92 Å². The van der Waals surface area contributed by atoms with E-state index in [4.69, 9.17) is 0 Å². The van der Waals surface area contributed by atoms with Crippen LogP contribution >= 0.6 is 11.3 Å². The van der Waals surface area contributed by atoms with Crippen LogP contribution in [0.2, 0.25) is 0 Å². The first-order valence-corrected chi connectivity index (χ1v) is 8.55. The van der Waals surface area contributed by atoms with Gasteiger partial charge in [-0.1, -0.05) is 32.0 Å². The maximum atomic E-state index is 10.4. The maximum Gasteiger partial charge on any atom is 0.0746 e. The van der Waals surface area contributed by atoms with E-state index in [1.165, 1.54) is 20.5 Å². The van der Waals surface area contributed by atoms with E-state index in [1.807, 2.05) is 18.3 Å². The quantitative estimate of drug-likeness (QED) is 0.813. The number of thiophene rings is 1. The van der Waals surface area contributed by atoms with Gasteiger partial charge in [0.25, 0.3) is 0 Å². The molecule has 0 bridgehead atoms. The average Bonchev–Trinajstić information content (AvgIpc) is 2.73. The summed E-state index contributed by atoms with van der Waals surface area (Å²) in [5.41, 5.74) is 0.714. The molecule has 2 aromatic rings. The topological polar surface area (TPSA) is 32.3 Å². The normalized spacial score (nSPS) is 16.3. The molecule has 0 aliphatic carbocycles. The van der Waals surface area contributed by atoms with Crippen molar-refractivity contribution in [3.63, 3.8) is 0 Å². The zero-order valence-electron chi connectivity index (χ0n) is 13.7. The Morgan fingerprint density at radius 3 is 2.52 bits per heavy atom. The fourth-order valence-corrected chi connectivity index (χ4v) is 4.26. The van der Waals surface area contributed by atoms with Crippen molar-refractivity contribution >= 4 is 21.4 Å². The number of rotatable bonds is 6. The number of nitrogens with one attached hydrogen (secondary N) is 1. The minimum Gasteiger partial charge on any atom is -0.389 e. The monoisotopic (exact) mass is 305 g/mol. The summed E-state index contributed by atoms with van der Waals surface area (Å²) in [6.45, 7) is 11.2. The molecule has 1 aromatic heterocycles.